The number of Topliss-reactive ketones (excluding diaryl/α,β-unsaturated/α-hetero) is 1. The summed E-state index contributed by atoms with van der Waals surface area (Å²) in [5, 5.41) is 10.1. The minimum atomic E-state index is -4.50. The van der Waals surface area contributed by atoms with E-state index in [4.69, 9.17) is 4.98 Å². The molecule has 1 aliphatic heterocycles. The van der Waals surface area contributed by atoms with Crippen LogP contribution in [0.4, 0.5) is 18.9 Å². The summed E-state index contributed by atoms with van der Waals surface area (Å²) in [5.74, 6) is -0.129. The second-order valence-electron chi connectivity index (χ2n) is 11.9. The molecular weight excluding hydrogens is 597 g/mol. The van der Waals surface area contributed by atoms with E-state index >= 15 is 0 Å². The van der Waals surface area contributed by atoms with E-state index in [1.807, 2.05) is 29.2 Å². The zero-order valence-electron chi connectivity index (χ0n) is 23.4. The van der Waals surface area contributed by atoms with Gasteiger partial charge in [-0.2, -0.15) is 18.4 Å². The van der Waals surface area contributed by atoms with E-state index in [1.165, 1.54) is 17.4 Å². The van der Waals surface area contributed by atoms with Gasteiger partial charge in [0.25, 0.3) is 0 Å². The number of halogens is 3. The first-order chi connectivity index (χ1) is 20.5. The van der Waals surface area contributed by atoms with Gasteiger partial charge in [-0.15, -0.1) is 11.3 Å². The van der Waals surface area contributed by atoms with Gasteiger partial charge in [-0.3, -0.25) is 9.78 Å². The zero-order valence-corrected chi connectivity index (χ0v) is 25.1. The highest BCUT2D eigenvalue weighted by molar-refractivity contribution is 7.91. The van der Waals surface area contributed by atoms with Crippen molar-refractivity contribution >= 4 is 32.6 Å². The fraction of sp³-hybridized carbons (Fsp3) is 0.484. The van der Waals surface area contributed by atoms with E-state index in [2.05, 4.69) is 11.1 Å². The molecule has 0 N–H and O–H groups in total. The minimum absolute atomic E-state index is 0.0901. The number of hydrogen-bond acceptors (Lipinski definition) is 8. The van der Waals surface area contributed by atoms with Gasteiger partial charge in [0.2, 0.25) is 0 Å². The Hall–Kier alpha value is -3.30. The minimum Gasteiger partial charge on any atom is -0.369 e. The fourth-order valence-corrected chi connectivity index (χ4v) is 8.49. The van der Waals surface area contributed by atoms with Crippen molar-refractivity contribution in [3.8, 4) is 27.2 Å². The SMILES string of the molecule is N#CC1(CC(=O)[C@@H]2CCCC[C@H]2c2nc(-c3ccc(C(F)(F)F)cn3)sc2-c2ccc(N3CCS(=O)(=O)CC3)cc2)CC1. The molecule has 3 heterocycles. The van der Waals surface area contributed by atoms with Crippen molar-refractivity contribution in [3.05, 3.63) is 53.9 Å². The van der Waals surface area contributed by atoms with E-state index < -0.39 is 27.0 Å². The molecule has 0 spiro atoms. The number of alkyl halides is 3. The van der Waals surface area contributed by atoms with Crippen LogP contribution >= 0.6 is 11.3 Å². The highest BCUT2D eigenvalue weighted by Gasteiger charge is 2.47. The van der Waals surface area contributed by atoms with Crippen LogP contribution in [-0.2, 0) is 20.8 Å². The van der Waals surface area contributed by atoms with Gasteiger partial charge in [0, 0.05) is 43.2 Å². The molecule has 6 rings (SSSR count). The first-order valence-electron chi connectivity index (χ1n) is 14.5. The second kappa shape index (κ2) is 11.3. The molecule has 43 heavy (non-hydrogen) atoms. The highest BCUT2D eigenvalue weighted by atomic mass is 32.2. The number of rotatable bonds is 7. The number of pyridine rings is 1. The summed E-state index contributed by atoms with van der Waals surface area (Å²) in [6, 6.07) is 12.5. The Labute approximate surface area is 252 Å². The van der Waals surface area contributed by atoms with Gasteiger partial charge >= 0.3 is 6.18 Å². The number of ketones is 1. The molecule has 3 fully saturated rings. The van der Waals surface area contributed by atoms with Crippen molar-refractivity contribution < 1.29 is 26.4 Å². The summed E-state index contributed by atoms with van der Waals surface area (Å²) < 4.78 is 63.3. The first kappa shape index (κ1) is 29.8. The molecule has 0 amide bonds. The van der Waals surface area contributed by atoms with Gasteiger partial charge in [-0.1, -0.05) is 25.0 Å². The number of nitrogens with zero attached hydrogens (tertiary/aromatic N) is 4. The smallest absolute Gasteiger partial charge is 0.369 e. The maximum atomic E-state index is 13.6. The second-order valence-corrected chi connectivity index (χ2v) is 15.2. The van der Waals surface area contributed by atoms with Crippen molar-refractivity contribution in [3.63, 3.8) is 0 Å². The normalized spacial score (nSPS) is 23.0. The van der Waals surface area contributed by atoms with Crippen LogP contribution < -0.4 is 4.90 Å². The Kier molecular flexibility index (Phi) is 7.84. The molecule has 0 unspecified atom stereocenters. The number of anilines is 1. The largest absolute Gasteiger partial charge is 0.417 e. The molecule has 1 aromatic carbocycles. The van der Waals surface area contributed by atoms with Crippen LogP contribution in [0.3, 0.4) is 0 Å². The van der Waals surface area contributed by atoms with Gasteiger partial charge in [0.1, 0.15) is 10.8 Å². The van der Waals surface area contributed by atoms with E-state index in [-0.39, 0.29) is 35.5 Å². The Balaban J connectivity index is 1.35. The standard InChI is InChI=1S/C31H31F3N4O3S2/c32-31(33,34)21-7-10-25(36-18-21)29-37-27(24-4-2-1-3-23(24)26(39)17-30(19-35)11-12-30)28(42-29)20-5-8-22(9-6-20)38-13-15-43(40,41)16-14-38/h5-10,18,23-24H,1-4,11-17H2/t23-,24-/m1/s1. The van der Waals surface area contributed by atoms with Gasteiger partial charge in [0.15, 0.2) is 9.84 Å². The maximum Gasteiger partial charge on any atom is 0.417 e. The van der Waals surface area contributed by atoms with Gasteiger partial charge in [-0.05, 0) is 55.5 Å². The van der Waals surface area contributed by atoms with Crippen molar-refractivity contribution in [2.45, 2.75) is 57.0 Å². The molecule has 7 nitrogen and oxygen atoms in total. The molecule has 2 atom stereocenters. The van der Waals surface area contributed by atoms with Crippen LogP contribution in [0.15, 0.2) is 42.6 Å². The van der Waals surface area contributed by atoms with Crippen LogP contribution in [0, 0.1) is 22.7 Å². The summed E-state index contributed by atoms with van der Waals surface area (Å²) in [6.07, 6.45) is 1.37. The van der Waals surface area contributed by atoms with E-state index in [0.717, 1.165) is 66.2 Å². The number of thiazole rings is 1. The molecular formula is C31H31F3N4O3S2. The van der Waals surface area contributed by atoms with E-state index in [1.54, 1.807) is 0 Å². The van der Waals surface area contributed by atoms with E-state index in [9.17, 15) is 31.6 Å². The maximum absolute atomic E-state index is 13.6. The van der Waals surface area contributed by atoms with Gasteiger partial charge < -0.3 is 4.90 Å². The van der Waals surface area contributed by atoms with Crippen LogP contribution in [0.2, 0.25) is 0 Å². The topological polar surface area (TPSA) is 104 Å². The summed E-state index contributed by atoms with van der Waals surface area (Å²) in [6.45, 7) is 0.848. The van der Waals surface area contributed by atoms with Gasteiger partial charge in [0.05, 0.1) is 44.8 Å². The molecule has 2 aliphatic carbocycles. The van der Waals surface area contributed by atoms with Crippen LogP contribution in [0.1, 0.15) is 62.1 Å². The monoisotopic (exact) mass is 628 g/mol. The molecule has 226 valence electrons. The number of carbonyl (C=O) groups is 1. The van der Waals surface area contributed by atoms with Gasteiger partial charge in [-0.25, -0.2) is 13.4 Å². The highest BCUT2D eigenvalue weighted by Crippen LogP contribution is 2.51. The number of hydrogen-bond donors (Lipinski definition) is 0. The number of sulfone groups is 1. The molecule has 1 saturated heterocycles. The third-order valence-corrected chi connectivity index (χ3v) is 11.7. The Morgan fingerprint density at radius 3 is 2.37 bits per heavy atom. The van der Waals surface area contributed by atoms with Crippen LogP contribution in [0.25, 0.3) is 21.1 Å². The van der Waals surface area contributed by atoms with Crippen molar-refractivity contribution in [1.29, 1.82) is 5.26 Å². The molecule has 3 aliphatic rings. The number of benzene rings is 1. The molecule has 3 aromatic rings. The fourth-order valence-electron chi connectivity index (χ4n) is 6.17. The Bertz CT molecular complexity index is 1640. The zero-order chi connectivity index (χ0) is 30.4. The van der Waals surface area contributed by atoms with Crippen LogP contribution in [-0.4, -0.2) is 48.8 Å². The lowest BCUT2D eigenvalue weighted by Gasteiger charge is -2.31. The number of aromatic nitrogens is 2. The average molecular weight is 629 g/mol. The third kappa shape index (κ3) is 6.34. The molecule has 2 saturated carbocycles. The van der Waals surface area contributed by atoms with E-state index in [0.29, 0.717) is 30.2 Å². The predicted octanol–water partition coefficient (Wildman–Crippen LogP) is 6.66. The van der Waals surface area contributed by atoms with Crippen molar-refractivity contribution in [2.24, 2.45) is 11.3 Å². The molecule has 2 aromatic heterocycles. The lowest BCUT2D eigenvalue weighted by Crippen LogP contribution is -2.40. The van der Waals surface area contributed by atoms with Crippen molar-refractivity contribution in [2.75, 3.05) is 29.5 Å². The average Bonchev–Trinajstić information content (AvgIpc) is 3.63. The van der Waals surface area contributed by atoms with Crippen LogP contribution in [0.5, 0.6) is 0 Å². The molecule has 12 heteroatoms. The first-order valence-corrected chi connectivity index (χ1v) is 17.1. The van der Waals surface area contributed by atoms with Crippen molar-refractivity contribution in [1.82, 2.24) is 9.97 Å². The summed E-state index contributed by atoms with van der Waals surface area (Å²) >= 11 is 1.35. The Morgan fingerprint density at radius 2 is 1.77 bits per heavy atom. The lowest BCUT2D eigenvalue weighted by molar-refractivity contribution is -0.137. The molecule has 0 radical (unpaired) electrons. The lowest BCUT2D eigenvalue weighted by atomic mass is 9.73. The predicted molar refractivity (Wildman–Crippen MR) is 158 cm³/mol. The number of nitriles is 1. The quantitative estimate of drug-likeness (QED) is 0.288. The summed E-state index contributed by atoms with van der Waals surface area (Å²) in [4.78, 5) is 25.5. The summed E-state index contributed by atoms with van der Waals surface area (Å²) in [5.41, 5.74) is 1.48. The Morgan fingerprint density at radius 1 is 1.07 bits per heavy atom. The third-order valence-electron chi connectivity index (χ3n) is 8.94. The number of carbonyl (C=O) groups excluding carboxylic acids is 1. The summed E-state index contributed by atoms with van der Waals surface area (Å²) in [7, 11) is -3.01. The molecule has 0 bridgehead atoms.